The van der Waals surface area contributed by atoms with Crippen molar-refractivity contribution in [3.05, 3.63) is 12.0 Å². The molecule has 1 aromatic rings. The standard InChI is InChI=1S/C10H17N3O2/c1-13(9-2-4-14-5-3-9)10-12-8(6-11)7-15-10/h7,9H,2-6,11H2,1H3. The number of ether oxygens (including phenoxy) is 1. The summed E-state index contributed by atoms with van der Waals surface area (Å²) in [6, 6.07) is 1.12. The SMILES string of the molecule is CN(c1nc(CN)co1)C1CCOCC1. The van der Waals surface area contributed by atoms with Crippen molar-refractivity contribution < 1.29 is 9.15 Å². The lowest BCUT2D eigenvalue weighted by atomic mass is 10.1. The van der Waals surface area contributed by atoms with Gasteiger partial charge < -0.3 is 19.8 Å². The Morgan fingerprint density at radius 2 is 2.27 bits per heavy atom. The first-order valence-corrected chi connectivity index (χ1v) is 5.26. The Kier molecular flexibility index (Phi) is 3.23. The summed E-state index contributed by atoms with van der Waals surface area (Å²) in [4.78, 5) is 6.37. The van der Waals surface area contributed by atoms with E-state index >= 15 is 0 Å². The molecule has 1 aliphatic heterocycles. The number of rotatable bonds is 3. The van der Waals surface area contributed by atoms with Crippen molar-refractivity contribution in [2.45, 2.75) is 25.4 Å². The van der Waals surface area contributed by atoms with E-state index in [1.165, 1.54) is 0 Å². The summed E-state index contributed by atoms with van der Waals surface area (Å²) in [5.74, 6) is 0. The van der Waals surface area contributed by atoms with Crippen molar-refractivity contribution in [1.29, 1.82) is 0 Å². The van der Waals surface area contributed by atoms with Crippen LogP contribution >= 0.6 is 0 Å². The average Bonchev–Trinajstić information content (AvgIpc) is 2.78. The van der Waals surface area contributed by atoms with E-state index in [9.17, 15) is 0 Å². The van der Waals surface area contributed by atoms with E-state index in [-0.39, 0.29) is 0 Å². The van der Waals surface area contributed by atoms with Crippen molar-refractivity contribution in [2.24, 2.45) is 5.73 Å². The van der Waals surface area contributed by atoms with Gasteiger partial charge in [-0.2, -0.15) is 4.98 Å². The molecule has 0 bridgehead atoms. The maximum absolute atomic E-state index is 5.48. The molecule has 0 atom stereocenters. The van der Waals surface area contributed by atoms with Gasteiger partial charge in [-0.15, -0.1) is 0 Å². The van der Waals surface area contributed by atoms with Crippen molar-refractivity contribution in [3.63, 3.8) is 0 Å². The summed E-state index contributed by atoms with van der Waals surface area (Å²) in [7, 11) is 2.00. The van der Waals surface area contributed by atoms with Gasteiger partial charge in [0.05, 0.1) is 5.69 Å². The molecule has 2 heterocycles. The number of hydrogen-bond acceptors (Lipinski definition) is 5. The summed E-state index contributed by atoms with van der Waals surface area (Å²) < 4.78 is 10.7. The largest absolute Gasteiger partial charge is 0.432 e. The lowest BCUT2D eigenvalue weighted by molar-refractivity contribution is 0.0846. The van der Waals surface area contributed by atoms with E-state index < -0.39 is 0 Å². The zero-order chi connectivity index (χ0) is 10.7. The Hall–Kier alpha value is -1.07. The van der Waals surface area contributed by atoms with E-state index in [2.05, 4.69) is 9.88 Å². The second-order valence-electron chi connectivity index (χ2n) is 3.78. The van der Waals surface area contributed by atoms with Crippen LogP contribution in [0.2, 0.25) is 0 Å². The quantitative estimate of drug-likeness (QED) is 0.799. The monoisotopic (exact) mass is 211 g/mol. The highest BCUT2D eigenvalue weighted by Gasteiger charge is 2.21. The van der Waals surface area contributed by atoms with Crippen LogP contribution in [0.15, 0.2) is 10.7 Å². The first kappa shape index (κ1) is 10.4. The molecule has 84 valence electrons. The first-order valence-electron chi connectivity index (χ1n) is 5.26. The molecule has 0 aromatic carbocycles. The molecule has 0 radical (unpaired) electrons. The van der Waals surface area contributed by atoms with E-state index in [1.807, 2.05) is 7.05 Å². The van der Waals surface area contributed by atoms with Crippen LogP contribution in [0.1, 0.15) is 18.5 Å². The van der Waals surface area contributed by atoms with Gasteiger partial charge in [0.25, 0.3) is 6.01 Å². The third-order valence-electron chi connectivity index (χ3n) is 2.79. The third kappa shape index (κ3) is 2.30. The Morgan fingerprint density at radius 1 is 1.53 bits per heavy atom. The molecular formula is C10H17N3O2. The molecule has 15 heavy (non-hydrogen) atoms. The Morgan fingerprint density at radius 3 is 2.87 bits per heavy atom. The highest BCUT2D eigenvalue weighted by Crippen LogP contribution is 2.20. The predicted molar refractivity (Wildman–Crippen MR) is 56.6 cm³/mol. The number of nitrogens with zero attached hydrogens (tertiary/aromatic N) is 2. The van der Waals surface area contributed by atoms with Crippen LogP contribution in [0.3, 0.4) is 0 Å². The highest BCUT2D eigenvalue weighted by molar-refractivity contribution is 5.27. The zero-order valence-electron chi connectivity index (χ0n) is 8.98. The van der Waals surface area contributed by atoms with Crippen LogP contribution in [0.4, 0.5) is 6.01 Å². The first-order chi connectivity index (χ1) is 7.31. The fraction of sp³-hybridized carbons (Fsp3) is 0.700. The third-order valence-corrected chi connectivity index (χ3v) is 2.79. The van der Waals surface area contributed by atoms with Gasteiger partial charge in [-0.1, -0.05) is 0 Å². The number of oxazole rings is 1. The Labute approximate surface area is 89.2 Å². The number of nitrogens with two attached hydrogens (primary N) is 1. The molecule has 5 nitrogen and oxygen atoms in total. The fourth-order valence-corrected chi connectivity index (χ4v) is 1.78. The van der Waals surface area contributed by atoms with E-state index in [0.717, 1.165) is 31.7 Å². The maximum atomic E-state index is 5.48. The average molecular weight is 211 g/mol. The maximum Gasteiger partial charge on any atom is 0.297 e. The second-order valence-corrected chi connectivity index (χ2v) is 3.78. The van der Waals surface area contributed by atoms with Crippen LogP contribution in [-0.2, 0) is 11.3 Å². The smallest absolute Gasteiger partial charge is 0.297 e. The van der Waals surface area contributed by atoms with Gasteiger partial charge in [0.15, 0.2) is 0 Å². The molecular weight excluding hydrogens is 194 g/mol. The van der Waals surface area contributed by atoms with Crippen LogP contribution in [0.5, 0.6) is 0 Å². The molecule has 5 heteroatoms. The lowest BCUT2D eigenvalue weighted by Crippen LogP contribution is -2.36. The van der Waals surface area contributed by atoms with Crippen molar-refractivity contribution >= 4 is 6.01 Å². The molecule has 2 rings (SSSR count). The van der Waals surface area contributed by atoms with Crippen LogP contribution in [0, 0.1) is 0 Å². The minimum absolute atomic E-state index is 0.422. The molecule has 2 N–H and O–H groups in total. The molecule has 0 amide bonds. The lowest BCUT2D eigenvalue weighted by Gasteiger charge is -2.29. The predicted octanol–water partition coefficient (Wildman–Crippen LogP) is 0.748. The molecule has 1 aromatic heterocycles. The van der Waals surface area contributed by atoms with Gasteiger partial charge in [0.2, 0.25) is 0 Å². The fourth-order valence-electron chi connectivity index (χ4n) is 1.78. The van der Waals surface area contributed by atoms with E-state index in [1.54, 1.807) is 6.26 Å². The molecule has 0 unspecified atom stereocenters. The number of anilines is 1. The van der Waals surface area contributed by atoms with E-state index in [4.69, 9.17) is 14.9 Å². The summed E-state index contributed by atoms with van der Waals surface area (Å²) in [6.07, 6.45) is 3.67. The molecule has 0 spiro atoms. The molecule has 0 saturated carbocycles. The topological polar surface area (TPSA) is 64.5 Å². The molecule has 1 aliphatic rings. The number of aromatic nitrogens is 1. The summed E-state index contributed by atoms with van der Waals surface area (Å²) >= 11 is 0. The van der Waals surface area contributed by atoms with Crippen LogP contribution in [0.25, 0.3) is 0 Å². The molecule has 1 saturated heterocycles. The Bertz CT molecular complexity index is 307. The molecule has 1 fully saturated rings. The minimum Gasteiger partial charge on any atom is -0.432 e. The normalized spacial score (nSPS) is 18.0. The van der Waals surface area contributed by atoms with Gasteiger partial charge >= 0.3 is 0 Å². The van der Waals surface area contributed by atoms with Gasteiger partial charge in [-0.05, 0) is 12.8 Å². The van der Waals surface area contributed by atoms with Gasteiger partial charge in [0, 0.05) is 32.8 Å². The zero-order valence-corrected chi connectivity index (χ0v) is 8.98. The molecule has 0 aliphatic carbocycles. The van der Waals surface area contributed by atoms with E-state index in [0.29, 0.717) is 18.6 Å². The number of hydrogen-bond donors (Lipinski definition) is 1. The minimum atomic E-state index is 0.422. The van der Waals surface area contributed by atoms with Crippen molar-refractivity contribution in [2.75, 3.05) is 25.2 Å². The van der Waals surface area contributed by atoms with Crippen molar-refractivity contribution in [3.8, 4) is 0 Å². The second kappa shape index (κ2) is 4.63. The Balaban J connectivity index is 2.02. The van der Waals surface area contributed by atoms with Gasteiger partial charge in [-0.25, -0.2) is 0 Å². The summed E-state index contributed by atoms with van der Waals surface area (Å²) in [5.41, 5.74) is 6.28. The summed E-state index contributed by atoms with van der Waals surface area (Å²) in [6.45, 7) is 2.06. The van der Waals surface area contributed by atoms with Crippen LogP contribution in [-0.4, -0.2) is 31.3 Å². The van der Waals surface area contributed by atoms with Crippen LogP contribution < -0.4 is 10.6 Å². The highest BCUT2D eigenvalue weighted by atomic mass is 16.5. The van der Waals surface area contributed by atoms with Gasteiger partial charge in [-0.3, -0.25) is 0 Å². The summed E-state index contributed by atoms with van der Waals surface area (Å²) in [5, 5.41) is 0. The van der Waals surface area contributed by atoms with Gasteiger partial charge in [0.1, 0.15) is 6.26 Å². The van der Waals surface area contributed by atoms with Crippen molar-refractivity contribution in [1.82, 2.24) is 4.98 Å².